The Morgan fingerprint density at radius 3 is 2.87 bits per heavy atom. The molecule has 1 unspecified atom stereocenters. The van der Waals surface area contributed by atoms with Crippen LogP contribution in [0.15, 0.2) is 4.47 Å². The minimum atomic E-state index is -1.04. The van der Waals surface area contributed by atoms with Crippen LogP contribution in [-0.4, -0.2) is 58.9 Å². The highest BCUT2D eigenvalue weighted by atomic mass is 79.9. The molecular weight excluding hydrogens is 366 g/mol. The highest BCUT2D eigenvalue weighted by Gasteiger charge is 2.44. The summed E-state index contributed by atoms with van der Waals surface area (Å²) in [6.07, 6.45) is 3.36. The summed E-state index contributed by atoms with van der Waals surface area (Å²) in [5.41, 5.74) is 0.266. The van der Waals surface area contributed by atoms with Crippen LogP contribution in [0.3, 0.4) is 0 Å². The van der Waals surface area contributed by atoms with E-state index in [1.807, 2.05) is 0 Å². The fourth-order valence-electron chi connectivity index (χ4n) is 3.21. The quantitative estimate of drug-likeness (QED) is 0.807. The fourth-order valence-corrected chi connectivity index (χ4v) is 3.88. The number of halogens is 1. The third-order valence-electron chi connectivity index (χ3n) is 4.66. The highest BCUT2D eigenvalue weighted by molar-refractivity contribution is 9.10. The summed E-state index contributed by atoms with van der Waals surface area (Å²) in [7, 11) is 1.48. The Labute approximate surface area is 142 Å². The summed E-state index contributed by atoms with van der Waals surface area (Å²) in [6, 6.07) is 0. The Balaban J connectivity index is 1.80. The second-order valence-corrected chi connectivity index (χ2v) is 7.22. The smallest absolute Gasteiger partial charge is 0.313 e. The number of ether oxygens (including phenoxy) is 1. The van der Waals surface area contributed by atoms with Crippen LogP contribution in [0.5, 0.6) is 0 Å². The van der Waals surface area contributed by atoms with Crippen molar-refractivity contribution in [2.24, 2.45) is 5.41 Å². The van der Waals surface area contributed by atoms with Gasteiger partial charge in [0.1, 0.15) is 5.41 Å². The van der Waals surface area contributed by atoms with Crippen molar-refractivity contribution in [1.82, 2.24) is 15.1 Å². The van der Waals surface area contributed by atoms with E-state index in [2.05, 4.69) is 26.1 Å². The van der Waals surface area contributed by atoms with Gasteiger partial charge in [-0.2, -0.15) is 5.10 Å². The first kappa shape index (κ1) is 16.4. The Morgan fingerprint density at radius 1 is 1.52 bits per heavy atom. The molecule has 2 N–H and O–H groups in total. The molecule has 1 aromatic heterocycles. The van der Waals surface area contributed by atoms with E-state index in [0.29, 0.717) is 35.5 Å². The fraction of sp³-hybridized carbons (Fsp3) is 0.667. The number of carboxylic acid groups (broad SMARTS) is 1. The summed E-state index contributed by atoms with van der Waals surface area (Å²) >= 11 is 3.47. The van der Waals surface area contributed by atoms with Gasteiger partial charge >= 0.3 is 5.97 Å². The maximum atomic E-state index is 12.8. The zero-order valence-corrected chi connectivity index (χ0v) is 14.6. The van der Waals surface area contributed by atoms with E-state index in [1.54, 1.807) is 4.90 Å². The first-order valence-corrected chi connectivity index (χ1v) is 8.53. The molecule has 0 aromatic carbocycles. The van der Waals surface area contributed by atoms with Crippen LogP contribution in [0.2, 0.25) is 0 Å². The van der Waals surface area contributed by atoms with Crippen molar-refractivity contribution in [3.8, 4) is 0 Å². The van der Waals surface area contributed by atoms with Gasteiger partial charge in [0, 0.05) is 26.1 Å². The third-order valence-corrected chi connectivity index (χ3v) is 5.46. The van der Waals surface area contributed by atoms with Gasteiger partial charge in [-0.25, -0.2) is 0 Å². The van der Waals surface area contributed by atoms with Crippen LogP contribution in [0, 0.1) is 5.41 Å². The number of carboxylic acids is 1. The molecule has 2 fully saturated rings. The lowest BCUT2D eigenvalue weighted by Gasteiger charge is -2.39. The lowest BCUT2D eigenvalue weighted by molar-refractivity contribution is -0.155. The number of hydrogen-bond donors (Lipinski definition) is 2. The van der Waals surface area contributed by atoms with Crippen molar-refractivity contribution in [3.05, 3.63) is 15.9 Å². The maximum Gasteiger partial charge on any atom is 0.313 e. The molecule has 8 heteroatoms. The molecule has 126 valence electrons. The molecule has 1 aliphatic heterocycles. The number of aromatic nitrogens is 2. The molecule has 0 spiro atoms. The van der Waals surface area contributed by atoms with E-state index in [1.165, 1.54) is 7.11 Å². The maximum absolute atomic E-state index is 12.8. The van der Waals surface area contributed by atoms with Crippen LogP contribution in [-0.2, 0) is 9.53 Å². The first-order chi connectivity index (χ1) is 11.0. The predicted molar refractivity (Wildman–Crippen MR) is 85.3 cm³/mol. The number of amides is 1. The van der Waals surface area contributed by atoms with E-state index >= 15 is 0 Å². The molecule has 1 saturated heterocycles. The van der Waals surface area contributed by atoms with E-state index < -0.39 is 11.4 Å². The van der Waals surface area contributed by atoms with E-state index in [-0.39, 0.29) is 19.1 Å². The molecule has 23 heavy (non-hydrogen) atoms. The number of nitrogens with zero attached hydrogens (tertiary/aromatic N) is 2. The molecule has 2 heterocycles. The van der Waals surface area contributed by atoms with Crippen LogP contribution in [0.25, 0.3) is 0 Å². The van der Waals surface area contributed by atoms with Crippen LogP contribution >= 0.6 is 15.9 Å². The minimum absolute atomic E-state index is 0.0984. The average Bonchev–Trinajstić information content (AvgIpc) is 3.30. The zero-order chi connectivity index (χ0) is 16.6. The molecular formula is C15H20BrN3O4. The zero-order valence-electron chi connectivity index (χ0n) is 13.0. The predicted octanol–water partition coefficient (Wildman–Crippen LogP) is 2.00. The molecule has 1 saturated carbocycles. The number of methoxy groups -OCH3 is 1. The third kappa shape index (κ3) is 3.01. The molecule has 2 aliphatic rings. The molecule has 1 amide bonds. The monoisotopic (exact) mass is 385 g/mol. The van der Waals surface area contributed by atoms with Gasteiger partial charge in [-0.1, -0.05) is 0 Å². The number of nitrogens with one attached hydrogen (secondary N) is 1. The first-order valence-electron chi connectivity index (χ1n) is 7.74. The number of carbonyl (C=O) groups is 2. The van der Waals surface area contributed by atoms with Gasteiger partial charge in [-0.15, -0.1) is 0 Å². The minimum Gasteiger partial charge on any atom is -0.481 e. The summed E-state index contributed by atoms with van der Waals surface area (Å²) in [5.74, 6) is -0.704. The van der Waals surface area contributed by atoms with E-state index in [4.69, 9.17) is 4.74 Å². The Morgan fingerprint density at radius 2 is 2.26 bits per heavy atom. The average molecular weight is 386 g/mol. The van der Waals surface area contributed by atoms with Crippen LogP contribution in [0.4, 0.5) is 0 Å². The number of hydrogen-bond acceptors (Lipinski definition) is 4. The van der Waals surface area contributed by atoms with Crippen molar-refractivity contribution in [2.75, 3.05) is 26.8 Å². The lowest BCUT2D eigenvalue weighted by Crippen LogP contribution is -2.52. The topological polar surface area (TPSA) is 95.5 Å². The molecule has 7 nitrogen and oxygen atoms in total. The number of piperidine rings is 1. The van der Waals surface area contributed by atoms with Crippen molar-refractivity contribution < 1.29 is 19.4 Å². The molecule has 1 aromatic rings. The number of likely N-dealkylation sites (tertiary alicyclic amines) is 1. The second-order valence-electron chi connectivity index (χ2n) is 6.42. The van der Waals surface area contributed by atoms with Gasteiger partial charge in [-0.05, 0) is 41.6 Å². The van der Waals surface area contributed by atoms with E-state index in [0.717, 1.165) is 18.5 Å². The number of carbonyl (C=O) groups excluding carboxylic acids is 1. The molecule has 0 radical (unpaired) electrons. The van der Waals surface area contributed by atoms with E-state index in [9.17, 15) is 14.7 Å². The Hall–Kier alpha value is -1.41. The number of H-pyrrole nitrogens is 1. The Bertz CT molecular complexity index is 624. The summed E-state index contributed by atoms with van der Waals surface area (Å²) in [6.45, 7) is 0.782. The standard InChI is InChI=1S/C15H20BrN3O4/c1-23-8-15(14(21)22)5-2-6-19(7-15)13(20)12-10(16)11(17-18-12)9-3-4-9/h9H,2-8H2,1H3,(H,17,18)(H,21,22). The van der Waals surface area contributed by atoms with Crippen molar-refractivity contribution in [1.29, 1.82) is 0 Å². The molecule has 3 rings (SSSR count). The Kier molecular flexibility index (Phi) is 4.46. The van der Waals surface area contributed by atoms with Gasteiger partial charge in [-0.3, -0.25) is 14.7 Å². The summed E-state index contributed by atoms with van der Waals surface area (Å²) in [4.78, 5) is 26.0. The highest BCUT2D eigenvalue weighted by Crippen LogP contribution is 2.43. The molecule has 1 atom stereocenters. The van der Waals surface area contributed by atoms with Gasteiger partial charge in [0.15, 0.2) is 5.69 Å². The number of aliphatic carboxylic acids is 1. The molecule has 0 bridgehead atoms. The van der Waals surface area contributed by atoms with Crippen molar-refractivity contribution in [3.63, 3.8) is 0 Å². The van der Waals surface area contributed by atoms with Crippen molar-refractivity contribution >= 4 is 27.8 Å². The van der Waals surface area contributed by atoms with Gasteiger partial charge in [0.25, 0.3) is 5.91 Å². The summed E-state index contributed by atoms with van der Waals surface area (Å²) < 4.78 is 5.81. The SMILES string of the molecule is COCC1(C(=O)O)CCCN(C(=O)c2n[nH]c(C3CC3)c2Br)C1. The lowest BCUT2D eigenvalue weighted by atomic mass is 9.80. The molecule has 1 aliphatic carbocycles. The largest absolute Gasteiger partial charge is 0.481 e. The second kappa shape index (κ2) is 6.24. The van der Waals surface area contributed by atoms with Crippen LogP contribution < -0.4 is 0 Å². The number of aromatic amines is 1. The van der Waals surface area contributed by atoms with Gasteiger partial charge < -0.3 is 14.7 Å². The normalized spacial score (nSPS) is 24.7. The van der Waals surface area contributed by atoms with Gasteiger partial charge in [0.2, 0.25) is 0 Å². The van der Waals surface area contributed by atoms with Gasteiger partial charge in [0.05, 0.1) is 16.8 Å². The summed E-state index contributed by atoms with van der Waals surface area (Å²) in [5, 5.41) is 16.7. The van der Waals surface area contributed by atoms with Crippen LogP contribution in [0.1, 0.15) is 47.8 Å². The van der Waals surface area contributed by atoms with Crippen molar-refractivity contribution in [2.45, 2.75) is 31.6 Å². The number of rotatable bonds is 5.